The van der Waals surface area contributed by atoms with Crippen LogP contribution in [0.2, 0.25) is 0 Å². The predicted molar refractivity (Wildman–Crippen MR) is 124 cm³/mol. The minimum Gasteiger partial charge on any atom is -0.485 e. The lowest BCUT2D eigenvalue weighted by Gasteiger charge is -2.36. The van der Waals surface area contributed by atoms with Gasteiger partial charge < -0.3 is 20.1 Å². The minimum absolute atomic E-state index is 0.113. The topological polar surface area (TPSA) is 42.5 Å². The Morgan fingerprint density at radius 1 is 0.700 bits per heavy atom. The molecule has 0 bridgehead atoms. The van der Waals surface area contributed by atoms with Gasteiger partial charge in [-0.05, 0) is 11.1 Å². The Kier molecular flexibility index (Phi) is 4.39. The lowest BCUT2D eigenvalue weighted by molar-refractivity contribution is 0.174. The van der Waals surface area contributed by atoms with Crippen molar-refractivity contribution in [2.45, 2.75) is 12.1 Å². The average molecular weight is 433 g/mol. The van der Waals surface area contributed by atoms with Crippen LogP contribution in [0.15, 0.2) is 71.4 Å². The zero-order valence-corrected chi connectivity index (χ0v) is 17.8. The van der Waals surface area contributed by atoms with Gasteiger partial charge in [0, 0.05) is 10.8 Å². The number of hydrogen-bond donors (Lipinski definition) is 2. The third kappa shape index (κ3) is 2.95. The molecule has 0 fully saturated rings. The Balaban J connectivity index is 1.44. The highest BCUT2D eigenvalue weighted by molar-refractivity contribution is 7.21. The molecule has 2 aliphatic heterocycles. The van der Waals surface area contributed by atoms with E-state index in [0.717, 1.165) is 27.8 Å². The molecule has 2 N–H and O–H groups in total. The molecule has 4 heterocycles. The third-order valence-electron chi connectivity index (χ3n) is 5.56. The van der Waals surface area contributed by atoms with Crippen LogP contribution in [-0.4, -0.2) is 13.2 Å². The van der Waals surface area contributed by atoms with Gasteiger partial charge in [0.15, 0.2) is 11.5 Å². The molecule has 0 aliphatic carbocycles. The molecule has 2 aromatic carbocycles. The summed E-state index contributed by atoms with van der Waals surface area (Å²) >= 11 is 3.42. The van der Waals surface area contributed by atoms with Gasteiger partial charge in [0.1, 0.15) is 13.2 Å². The van der Waals surface area contributed by atoms with Gasteiger partial charge in [-0.25, -0.2) is 0 Å². The molecule has 0 saturated heterocycles. The van der Waals surface area contributed by atoms with E-state index in [1.807, 2.05) is 5.38 Å². The molecule has 0 spiro atoms. The van der Waals surface area contributed by atoms with Crippen molar-refractivity contribution in [3.63, 3.8) is 0 Å². The van der Waals surface area contributed by atoms with Crippen molar-refractivity contribution in [3.8, 4) is 21.3 Å². The molecule has 2 aromatic heterocycles. The summed E-state index contributed by atoms with van der Waals surface area (Å²) in [5, 5.41) is 11.9. The first kappa shape index (κ1) is 17.9. The standard InChI is InChI=1S/C24H20N2O2S2/c1-3-7-15(8-4-1)19-20(16-9-5-2-6-10-16)26-21-17(25-19)13-29-23(21)24-22-18(14-30-24)27-11-12-28-22/h1-10,13-14,19-20,25-26H,11-12H2. The van der Waals surface area contributed by atoms with Crippen LogP contribution in [0.3, 0.4) is 0 Å². The van der Waals surface area contributed by atoms with Gasteiger partial charge in [-0.1, -0.05) is 60.7 Å². The average Bonchev–Trinajstić information content (AvgIpc) is 3.43. The fourth-order valence-electron chi connectivity index (χ4n) is 4.16. The van der Waals surface area contributed by atoms with Gasteiger partial charge in [0.2, 0.25) is 0 Å². The molecule has 2 unspecified atom stereocenters. The molecule has 4 aromatic rings. The van der Waals surface area contributed by atoms with Crippen LogP contribution in [0.4, 0.5) is 11.4 Å². The molecule has 2 atom stereocenters. The Hall–Kier alpha value is -2.96. The SMILES string of the molecule is c1ccc(C2Nc3csc(-c4scc5c4OCCO5)c3NC2c2ccccc2)cc1. The predicted octanol–water partition coefficient (Wildman–Crippen LogP) is 6.57. The Labute approximate surface area is 183 Å². The van der Waals surface area contributed by atoms with Crippen LogP contribution in [0.5, 0.6) is 11.5 Å². The molecular weight excluding hydrogens is 412 g/mol. The number of rotatable bonds is 3. The van der Waals surface area contributed by atoms with Gasteiger partial charge >= 0.3 is 0 Å². The quantitative estimate of drug-likeness (QED) is 0.384. The van der Waals surface area contributed by atoms with E-state index in [1.54, 1.807) is 22.7 Å². The molecule has 0 saturated carbocycles. The van der Waals surface area contributed by atoms with E-state index >= 15 is 0 Å². The molecule has 30 heavy (non-hydrogen) atoms. The monoisotopic (exact) mass is 432 g/mol. The minimum atomic E-state index is 0.113. The number of fused-ring (bicyclic) bond motifs is 2. The summed E-state index contributed by atoms with van der Waals surface area (Å²) in [5.74, 6) is 1.73. The maximum Gasteiger partial charge on any atom is 0.180 e. The number of ether oxygens (including phenoxy) is 2. The number of hydrogen-bond acceptors (Lipinski definition) is 6. The van der Waals surface area contributed by atoms with Crippen molar-refractivity contribution in [2.24, 2.45) is 0 Å². The van der Waals surface area contributed by atoms with Crippen LogP contribution < -0.4 is 20.1 Å². The molecule has 0 radical (unpaired) electrons. The lowest BCUT2D eigenvalue weighted by atomic mass is 9.91. The first-order chi connectivity index (χ1) is 14.9. The molecule has 0 amide bonds. The van der Waals surface area contributed by atoms with E-state index in [4.69, 9.17) is 9.47 Å². The number of nitrogens with one attached hydrogen (secondary N) is 2. The van der Waals surface area contributed by atoms with E-state index in [1.165, 1.54) is 16.0 Å². The first-order valence-electron chi connectivity index (χ1n) is 10.0. The van der Waals surface area contributed by atoms with E-state index in [0.29, 0.717) is 13.2 Å². The van der Waals surface area contributed by atoms with E-state index in [-0.39, 0.29) is 12.1 Å². The fourth-order valence-corrected chi connectivity index (χ4v) is 6.23. The van der Waals surface area contributed by atoms with E-state index in [9.17, 15) is 0 Å². The van der Waals surface area contributed by atoms with Crippen LogP contribution >= 0.6 is 22.7 Å². The second kappa shape index (κ2) is 7.38. The molecule has 150 valence electrons. The summed E-state index contributed by atoms with van der Waals surface area (Å²) in [4.78, 5) is 2.33. The number of anilines is 2. The highest BCUT2D eigenvalue weighted by atomic mass is 32.1. The first-order valence-corrected chi connectivity index (χ1v) is 11.8. The van der Waals surface area contributed by atoms with Crippen LogP contribution in [0.1, 0.15) is 23.2 Å². The van der Waals surface area contributed by atoms with Gasteiger partial charge in [-0.15, -0.1) is 22.7 Å². The number of thiophene rings is 2. The lowest BCUT2D eigenvalue weighted by Crippen LogP contribution is -2.29. The van der Waals surface area contributed by atoms with Crippen molar-refractivity contribution in [1.29, 1.82) is 0 Å². The van der Waals surface area contributed by atoms with Crippen molar-refractivity contribution in [2.75, 3.05) is 23.8 Å². The van der Waals surface area contributed by atoms with Crippen molar-refractivity contribution < 1.29 is 9.47 Å². The highest BCUT2D eigenvalue weighted by Crippen LogP contribution is 2.55. The summed E-state index contributed by atoms with van der Waals surface area (Å²) in [7, 11) is 0. The van der Waals surface area contributed by atoms with Crippen LogP contribution in [0.25, 0.3) is 9.75 Å². The van der Waals surface area contributed by atoms with Gasteiger partial charge in [0.05, 0.1) is 33.2 Å². The zero-order chi connectivity index (χ0) is 19.9. The third-order valence-corrected chi connectivity index (χ3v) is 7.64. The van der Waals surface area contributed by atoms with Crippen molar-refractivity contribution in [3.05, 3.63) is 82.6 Å². The molecule has 2 aliphatic rings. The molecule has 6 heteroatoms. The Morgan fingerprint density at radius 2 is 1.33 bits per heavy atom. The van der Waals surface area contributed by atoms with E-state index in [2.05, 4.69) is 76.7 Å². The highest BCUT2D eigenvalue weighted by Gasteiger charge is 2.34. The molecule has 6 rings (SSSR count). The second-order valence-corrected chi connectivity index (χ2v) is 9.13. The Bertz CT molecular complexity index is 1170. The fraction of sp³-hybridized carbons (Fsp3) is 0.167. The molecule has 4 nitrogen and oxygen atoms in total. The maximum absolute atomic E-state index is 5.96. The van der Waals surface area contributed by atoms with Crippen LogP contribution in [-0.2, 0) is 0 Å². The van der Waals surface area contributed by atoms with Gasteiger partial charge in [-0.3, -0.25) is 0 Å². The maximum atomic E-state index is 5.96. The summed E-state index contributed by atoms with van der Waals surface area (Å²) in [6, 6.07) is 21.5. The largest absolute Gasteiger partial charge is 0.485 e. The van der Waals surface area contributed by atoms with Crippen molar-refractivity contribution in [1.82, 2.24) is 0 Å². The summed E-state index contributed by atoms with van der Waals surface area (Å²) in [6.45, 7) is 1.21. The summed E-state index contributed by atoms with van der Waals surface area (Å²) in [5.41, 5.74) is 4.80. The van der Waals surface area contributed by atoms with Crippen LogP contribution in [0, 0.1) is 0 Å². The normalized spacial score (nSPS) is 19.5. The second-order valence-electron chi connectivity index (χ2n) is 7.37. The zero-order valence-electron chi connectivity index (χ0n) is 16.1. The summed E-state index contributed by atoms with van der Waals surface area (Å²) < 4.78 is 11.7. The smallest absolute Gasteiger partial charge is 0.180 e. The van der Waals surface area contributed by atoms with Crippen molar-refractivity contribution >= 4 is 34.0 Å². The van der Waals surface area contributed by atoms with Gasteiger partial charge in [0.25, 0.3) is 0 Å². The van der Waals surface area contributed by atoms with E-state index < -0.39 is 0 Å². The Morgan fingerprint density at radius 3 is 2.07 bits per heavy atom. The summed E-state index contributed by atoms with van der Waals surface area (Å²) in [6.07, 6.45) is 0. The molecular formula is C24H20N2O2S2. The van der Waals surface area contributed by atoms with Gasteiger partial charge in [-0.2, -0.15) is 0 Å². The number of benzene rings is 2.